The van der Waals surface area contributed by atoms with Gasteiger partial charge in [-0.3, -0.25) is 0 Å². The van der Waals surface area contributed by atoms with Crippen molar-refractivity contribution >= 4 is 181 Å². The zero-order valence-electron chi connectivity index (χ0n) is 79.0. The van der Waals surface area contributed by atoms with E-state index in [1.165, 1.54) is 142 Å². The zero-order chi connectivity index (χ0) is 96.0. The van der Waals surface area contributed by atoms with Crippen LogP contribution in [0.4, 0.5) is 51.2 Å². The molecule has 24 aromatic carbocycles. The summed E-state index contributed by atoms with van der Waals surface area (Å²) in [6.45, 7) is 0. The molecule has 0 atom stereocenters. The summed E-state index contributed by atoms with van der Waals surface area (Å²) in [6, 6.07) is 197. The average Bonchev–Trinajstić information content (AvgIpc) is 1.61. The molecule has 4 heterocycles. The van der Waals surface area contributed by atoms with E-state index in [-0.39, 0.29) is 0 Å². The fourth-order valence-corrected chi connectivity index (χ4v) is 22.6. The SMILES string of the molecule is c1ccc(-c2c(-c3ccc(N(c4cccc5c4oc4ccccc45)c4cccc5c4oc4ccccc45)cc3)ccc3ccccc23)cc1.c1ccc(-c2ccc(N(c3ccc(-c4ccc5ccccc5c4-c4ccccc4)cc3)c3cccc4c3oc3ccccc34)cc2)cc1.c1ccc(-c2ccc(N(c3ccc(-c4ccc5ccccc5c4-c4ccccc4)cc3)c3cccc4c3sc3ccccc34)cc2)cc1. The first-order chi connectivity index (χ1) is 71.9. The lowest BCUT2D eigenvalue weighted by Crippen LogP contribution is -2.10. The first-order valence-electron chi connectivity index (χ1n) is 49.3. The number of furan rings is 3. The molecule has 0 radical (unpaired) electrons. The average molecular weight is 1870 g/mol. The van der Waals surface area contributed by atoms with Crippen LogP contribution < -0.4 is 14.7 Å². The highest BCUT2D eigenvalue weighted by Gasteiger charge is 2.28. The minimum absolute atomic E-state index is 0.835. The second-order valence-electron chi connectivity index (χ2n) is 36.7. The van der Waals surface area contributed by atoms with Crippen LogP contribution in [0.1, 0.15) is 0 Å². The van der Waals surface area contributed by atoms with Crippen molar-refractivity contribution in [3.63, 3.8) is 0 Å². The molecule has 0 aliphatic carbocycles. The Labute approximate surface area is 843 Å². The number of fused-ring (bicyclic) bond motifs is 15. The van der Waals surface area contributed by atoms with Crippen molar-refractivity contribution in [2.45, 2.75) is 0 Å². The highest BCUT2D eigenvalue weighted by Crippen LogP contribution is 2.52. The number of para-hydroxylation sites is 6. The molecular formula is C138H91N3O3S. The molecule has 7 heteroatoms. The van der Waals surface area contributed by atoms with Gasteiger partial charge in [0.15, 0.2) is 16.7 Å². The highest BCUT2D eigenvalue weighted by molar-refractivity contribution is 7.26. The van der Waals surface area contributed by atoms with E-state index in [0.717, 1.165) is 117 Å². The summed E-state index contributed by atoms with van der Waals surface area (Å²) >= 11 is 1.86. The molecule has 0 aliphatic rings. The van der Waals surface area contributed by atoms with E-state index in [9.17, 15) is 0 Å². The summed E-state index contributed by atoms with van der Waals surface area (Å²) in [5.41, 5.74) is 34.0. The van der Waals surface area contributed by atoms with Gasteiger partial charge in [-0.25, -0.2) is 0 Å². The standard InChI is InChI=1S/C46H29NO2.C46H31NO.C46H31NS/c1-2-13-32(14-3-1)44-34-15-5-4-12-30(34)26-29-35(44)31-24-27-33(28-25-31)47(40-20-10-18-38-36-16-6-8-22-42(36)48-45(38)40)41-21-11-19-39-37-17-7-9-23-43(37)49-46(39)41;2*1-3-12-32(13-4-1)33-22-27-37(28-23-33)47(43-20-11-19-42-41-18-9-10-21-44(41)48-46(42)43)38-29-24-35(25-30-38)40-31-26-34-14-7-8-17-39(34)45(40)36-15-5-2-6-16-36/h1-29H;2*1-31H. The van der Waals surface area contributed by atoms with Gasteiger partial charge in [0.2, 0.25) is 0 Å². The van der Waals surface area contributed by atoms with Gasteiger partial charge < -0.3 is 28.0 Å². The number of hydrogen-bond donors (Lipinski definition) is 0. The van der Waals surface area contributed by atoms with Crippen molar-refractivity contribution in [2.24, 2.45) is 0 Å². The van der Waals surface area contributed by atoms with Gasteiger partial charge in [0, 0.05) is 76.2 Å². The largest absolute Gasteiger partial charge is 0.454 e. The van der Waals surface area contributed by atoms with Gasteiger partial charge in [0.1, 0.15) is 16.7 Å². The van der Waals surface area contributed by atoms with Gasteiger partial charge in [-0.15, -0.1) is 11.3 Å². The van der Waals surface area contributed by atoms with Gasteiger partial charge in [0.05, 0.1) is 27.4 Å². The molecule has 0 saturated carbocycles. The lowest BCUT2D eigenvalue weighted by molar-refractivity contribution is 0.666. The van der Waals surface area contributed by atoms with Crippen molar-refractivity contribution in [3.05, 3.63) is 552 Å². The van der Waals surface area contributed by atoms with Crippen molar-refractivity contribution in [3.8, 4) is 89.0 Å². The molecule has 0 bridgehead atoms. The molecule has 0 spiro atoms. The summed E-state index contributed by atoms with van der Waals surface area (Å²) in [6.07, 6.45) is 0. The van der Waals surface area contributed by atoms with Gasteiger partial charge in [0.25, 0.3) is 0 Å². The summed E-state index contributed by atoms with van der Waals surface area (Å²) in [4.78, 5) is 6.99. The summed E-state index contributed by atoms with van der Waals surface area (Å²) in [5, 5.41) is 16.6. The highest BCUT2D eigenvalue weighted by atomic mass is 32.1. The van der Waals surface area contributed by atoms with Crippen LogP contribution in [-0.4, -0.2) is 0 Å². The maximum atomic E-state index is 6.60. The Balaban J connectivity index is 0.000000111. The first-order valence-corrected chi connectivity index (χ1v) is 50.1. The van der Waals surface area contributed by atoms with Crippen LogP contribution in [0, 0.1) is 0 Å². The Morgan fingerprint density at radius 1 is 0.145 bits per heavy atom. The number of anilines is 9. The van der Waals surface area contributed by atoms with Gasteiger partial charge >= 0.3 is 0 Å². The monoisotopic (exact) mass is 1870 g/mol. The Kier molecular flexibility index (Phi) is 22.5. The second kappa shape index (κ2) is 37.7. The summed E-state index contributed by atoms with van der Waals surface area (Å²) in [5.74, 6) is 0. The molecule has 145 heavy (non-hydrogen) atoms. The Morgan fingerprint density at radius 3 is 0.731 bits per heavy atom. The predicted octanol–water partition coefficient (Wildman–Crippen LogP) is 40.3. The van der Waals surface area contributed by atoms with E-state index in [2.05, 4.69) is 530 Å². The third kappa shape index (κ3) is 16.1. The number of thiophene rings is 1. The first kappa shape index (κ1) is 86.4. The van der Waals surface area contributed by atoms with Crippen molar-refractivity contribution < 1.29 is 13.3 Å². The van der Waals surface area contributed by atoms with Crippen molar-refractivity contribution in [2.75, 3.05) is 14.7 Å². The van der Waals surface area contributed by atoms with Gasteiger partial charge in [-0.05, 0) is 231 Å². The molecule has 6 nitrogen and oxygen atoms in total. The smallest absolute Gasteiger partial charge is 0.159 e. The minimum Gasteiger partial charge on any atom is -0.454 e. The number of hydrogen-bond acceptors (Lipinski definition) is 7. The lowest BCUT2D eigenvalue weighted by atomic mass is 9.90. The van der Waals surface area contributed by atoms with E-state index < -0.39 is 0 Å². The minimum atomic E-state index is 0.835. The fraction of sp³-hybridized carbons (Fsp3) is 0. The third-order valence-corrected chi connectivity index (χ3v) is 29.5. The maximum Gasteiger partial charge on any atom is 0.159 e. The van der Waals surface area contributed by atoms with Crippen LogP contribution in [0.3, 0.4) is 0 Å². The molecule has 28 aromatic rings. The number of rotatable bonds is 17. The Morgan fingerprint density at radius 2 is 0.386 bits per heavy atom. The van der Waals surface area contributed by atoms with Crippen molar-refractivity contribution in [1.82, 2.24) is 0 Å². The van der Waals surface area contributed by atoms with Crippen LogP contribution in [-0.2, 0) is 0 Å². The molecule has 0 amide bonds. The lowest BCUT2D eigenvalue weighted by Gasteiger charge is -2.26. The fourth-order valence-electron chi connectivity index (χ4n) is 21.4. The molecule has 682 valence electrons. The van der Waals surface area contributed by atoms with Crippen LogP contribution >= 0.6 is 11.3 Å². The van der Waals surface area contributed by atoms with E-state index >= 15 is 0 Å². The second-order valence-corrected chi connectivity index (χ2v) is 37.8. The van der Waals surface area contributed by atoms with E-state index in [4.69, 9.17) is 13.3 Å². The normalized spacial score (nSPS) is 11.4. The van der Waals surface area contributed by atoms with Gasteiger partial charge in [-0.2, -0.15) is 0 Å². The third-order valence-electron chi connectivity index (χ3n) is 28.2. The van der Waals surface area contributed by atoms with Crippen LogP contribution in [0.5, 0.6) is 0 Å². The van der Waals surface area contributed by atoms with Crippen molar-refractivity contribution in [1.29, 1.82) is 0 Å². The quantitative estimate of drug-likeness (QED) is 0.0905. The molecular weight excluding hydrogens is 1780 g/mol. The van der Waals surface area contributed by atoms with Crippen LogP contribution in [0.2, 0.25) is 0 Å². The summed E-state index contributed by atoms with van der Waals surface area (Å²) < 4.78 is 22.4. The van der Waals surface area contributed by atoms with E-state index in [1.807, 2.05) is 47.7 Å². The van der Waals surface area contributed by atoms with Crippen LogP contribution in [0.15, 0.2) is 565 Å². The molecule has 0 aliphatic heterocycles. The Hall–Kier alpha value is -18.9. The van der Waals surface area contributed by atoms with Gasteiger partial charge in [-0.1, -0.05) is 443 Å². The topological polar surface area (TPSA) is 49.1 Å². The maximum absolute atomic E-state index is 6.60. The Bertz CT molecular complexity index is 9190. The number of benzene rings is 24. The summed E-state index contributed by atoms with van der Waals surface area (Å²) in [7, 11) is 0. The van der Waals surface area contributed by atoms with Crippen LogP contribution in [0.25, 0.3) is 207 Å². The molecule has 4 aromatic heterocycles. The van der Waals surface area contributed by atoms with E-state index in [0.29, 0.717) is 0 Å². The van der Waals surface area contributed by atoms with E-state index in [1.54, 1.807) is 0 Å². The molecule has 0 fully saturated rings. The number of nitrogens with zero attached hydrogens (tertiary/aromatic N) is 3. The zero-order valence-corrected chi connectivity index (χ0v) is 79.8. The molecule has 0 N–H and O–H groups in total. The molecule has 0 unspecified atom stereocenters. The molecule has 28 rings (SSSR count). The molecule has 0 saturated heterocycles. The predicted molar refractivity (Wildman–Crippen MR) is 614 cm³/mol.